The molecule has 3 rings (SSSR count). The lowest BCUT2D eigenvalue weighted by Crippen LogP contribution is -2.38. The summed E-state index contributed by atoms with van der Waals surface area (Å²) in [4.78, 5) is 30.0. The zero-order valence-corrected chi connectivity index (χ0v) is 14.8. The summed E-state index contributed by atoms with van der Waals surface area (Å²) >= 11 is 0. The summed E-state index contributed by atoms with van der Waals surface area (Å²) in [5, 5.41) is 9.59. The summed E-state index contributed by atoms with van der Waals surface area (Å²) in [6, 6.07) is 6.69. The van der Waals surface area contributed by atoms with Crippen LogP contribution < -0.4 is 0 Å². The molecule has 0 spiro atoms. The number of esters is 1. The standard InChI is InChI=1S/C20H23NO4/c1-11(2)25-20(24)17-12(3)21-15-5-4-6-16(23)19(15)18(17)13-7-9-14(22)10-8-13/h7-11,17-18,22H,4-6H2,1-3H3/t17?,18-/m1/s1. The maximum absolute atomic E-state index is 12.8. The number of nitrogens with zero attached hydrogens (tertiary/aromatic N) is 1. The van der Waals surface area contributed by atoms with E-state index in [-0.39, 0.29) is 23.6 Å². The molecule has 1 aliphatic carbocycles. The molecule has 1 unspecified atom stereocenters. The predicted octanol–water partition coefficient (Wildman–Crippen LogP) is 3.53. The highest BCUT2D eigenvalue weighted by Crippen LogP contribution is 2.43. The van der Waals surface area contributed by atoms with E-state index in [4.69, 9.17) is 4.74 Å². The monoisotopic (exact) mass is 341 g/mol. The van der Waals surface area contributed by atoms with Crippen molar-refractivity contribution < 1.29 is 19.4 Å². The van der Waals surface area contributed by atoms with Crippen LogP contribution in [0.2, 0.25) is 0 Å². The smallest absolute Gasteiger partial charge is 0.315 e. The second-order valence-corrected chi connectivity index (χ2v) is 6.92. The minimum Gasteiger partial charge on any atom is -0.508 e. The third-order valence-corrected chi connectivity index (χ3v) is 4.69. The van der Waals surface area contributed by atoms with Crippen molar-refractivity contribution in [3.63, 3.8) is 0 Å². The van der Waals surface area contributed by atoms with Crippen LogP contribution in [0, 0.1) is 5.92 Å². The molecule has 1 aliphatic heterocycles. The second kappa shape index (κ2) is 6.82. The van der Waals surface area contributed by atoms with E-state index in [0.29, 0.717) is 17.7 Å². The molecule has 25 heavy (non-hydrogen) atoms. The van der Waals surface area contributed by atoms with Gasteiger partial charge in [-0.15, -0.1) is 0 Å². The van der Waals surface area contributed by atoms with Crippen LogP contribution in [0.4, 0.5) is 0 Å². The van der Waals surface area contributed by atoms with Gasteiger partial charge in [0.2, 0.25) is 0 Å². The van der Waals surface area contributed by atoms with E-state index in [2.05, 4.69) is 4.99 Å². The summed E-state index contributed by atoms with van der Waals surface area (Å²) < 4.78 is 5.45. The Balaban J connectivity index is 2.12. The Hall–Kier alpha value is -2.43. The molecule has 5 nitrogen and oxygen atoms in total. The molecule has 132 valence electrons. The minimum atomic E-state index is -0.618. The zero-order chi connectivity index (χ0) is 18.1. The van der Waals surface area contributed by atoms with Gasteiger partial charge in [0.1, 0.15) is 11.7 Å². The Morgan fingerprint density at radius 3 is 2.56 bits per heavy atom. The van der Waals surface area contributed by atoms with Gasteiger partial charge in [0.25, 0.3) is 0 Å². The fourth-order valence-corrected chi connectivity index (χ4v) is 3.66. The van der Waals surface area contributed by atoms with E-state index >= 15 is 0 Å². The van der Waals surface area contributed by atoms with Crippen molar-refractivity contribution in [3.8, 4) is 5.75 Å². The van der Waals surface area contributed by atoms with E-state index < -0.39 is 11.8 Å². The number of phenols is 1. The highest BCUT2D eigenvalue weighted by molar-refractivity contribution is 6.08. The summed E-state index contributed by atoms with van der Waals surface area (Å²) in [7, 11) is 0. The summed E-state index contributed by atoms with van der Waals surface area (Å²) in [5.74, 6) is -1.19. The number of carbonyl (C=O) groups is 2. The van der Waals surface area contributed by atoms with E-state index in [0.717, 1.165) is 24.1 Å². The molecule has 2 aliphatic rings. The average molecular weight is 341 g/mol. The van der Waals surface area contributed by atoms with Gasteiger partial charge < -0.3 is 9.84 Å². The molecule has 1 N–H and O–H groups in total. The van der Waals surface area contributed by atoms with Crippen LogP contribution >= 0.6 is 0 Å². The lowest BCUT2D eigenvalue weighted by molar-refractivity contribution is -0.150. The Morgan fingerprint density at radius 2 is 1.92 bits per heavy atom. The molecule has 0 amide bonds. The number of rotatable bonds is 3. The Bertz CT molecular complexity index is 758. The number of carbonyl (C=O) groups excluding carboxylic acids is 2. The number of aliphatic imine (C=N–C) groups is 1. The summed E-state index contributed by atoms with van der Waals surface area (Å²) in [5.41, 5.74) is 2.92. The number of aromatic hydroxyl groups is 1. The first kappa shape index (κ1) is 17.4. The predicted molar refractivity (Wildman–Crippen MR) is 94.6 cm³/mol. The zero-order valence-electron chi connectivity index (χ0n) is 14.8. The molecule has 1 heterocycles. The van der Waals surface area contributed by atoms with Crippen molar-refractivity contribution in [2.75, 3.05) is 0 Å². The molecule has 0 radical (unpaired) electrons. The highest BCUT2D eigenvalue weighted by Gasteiger charge is 2.43. The third kappa shape index (κ3) is 3.36. The molecular weight excluding hydrogens is 318 g/mol. The van der Waals surface area contributed by atoms with Crippen molar-refractivity contribution in [1.29, 1.82) is 0 Å². The van der Waals surface area contributed by atoms with Gasteiger partial charge in [-0.3, -0.25) is 14.6 Å². The van der Waals surface area contributed by atoms with Crippen molar-refractivity contribution in [2.45, 2.75) is 52.1 Å². The van der Waals surface area contributed by atoms with Crippen LogP contribution in [0.1, 0.15) is 51.5 Å². The molecule has 1 aromatic rings. The first-order valence-electron chi connectivity index (χ1n) is 8.69. The molecule has 0 bridgehead atoms. The number of ether oxygens (including phenoxy) is 1. The fourth-order valence-electron chi connectivity index (χ4n) is 3.66. The van der Waals surface area contributed by atoms with Gasteiger partial charge in [-0.05, 0) is 51.3 Å². The number of benzene rings is 1. The Morgan fingerprint density at radius 1 is 1.24 bits per heavy atom. The molecule has 0 aromatic heterocycles. The first-order valence-corrected chi connectivity index (χ1v) is 8.69. The van der Waals surface area contributed by atoms with Gasteiger partial charge in [-0.2, -0.15) is 0 Å². The SMILES string of the molecule is CC1=NC2=C(C(=O)CCC2)[C@H](c2ccc(O)cc2)C1C(=O)OC(C)C. The van der Waals surface area contributed by atoms with Crippen LogP contribution in [0.3, 0.4) is 0 Å². The number of hydrogen-bond donors (Lipinski definition) is 1. The van der Waals surface area contributed by atoms with Crippen molar-refractivity contribution in [2.24, 2.45) is 10.9 Å². The Kier molecular flexibility index (Phi) is 4.75. The molecule has 2 atom stereocenters. The molecule has 0 saturated heterocycles. The molecular formula is C20H23NO4. The van der Waals surface area contributed by atoms with Gasteiger partial charge in [0.05, 0.1) is 6.10 Å². The largest absolute Gasteiger partial charge is 0.508 e. The fraction of sp³-hybridized carbons (Fsp3) is 0.450. The highest BCUT2D eigenvalue weighted by atomic mass is 16.5. The van der Waals surface area contributed by atoms with E-state index in [1.54, 1.807) is 38.1 Å². The molecule has 1 aromatic carbocycles. The van der Waals surface area contributed by atoms with Gasteiger partial charge in [0.15, 0.2) is 5.78 Å². The average Bonchev–Trinajstić information content (AvgIpc) is 2.53. The van der Waals surface area contributed by atoms with E-state index in [9.17, 15) is 14.7 Å². The maximum Gasteiger partial charge on any atom is 0.315 e. The van der Waals surface area contributed by atoms with Crippen molar-refractivity contribution in [1.82, 2.24) is 0 Å². The Labute approximate surface area is 147 Å². The van der Waals surface area contributed by atoms with Crippen molar-refractivity contribution in [3.05, 3.63) is 41.1 Å². The molecule has 5 heteroatoms. The van der Waals surface area contributed by atoms with Crippen LogP contribution in [-0.4, -0.2) is 28.7 Å². The second-order valence-electron chi connectivity index (χ2n) is 6.92. The summed E-state index contributed by atoms with van der Waals surface area (Å²) in [6.45, 7) is 5.43. The van der Waals surface area contributed by atoms with Crippen LogP contribution in [0.15, 0.2) is 40.5 Å². The quantitative estimate of drug-likeness (QED) is 0.854. The third-order valence-electron chi connectivity index (χ3n) is 4.69. The van der Waals surface area contributed by atoms with Crippen LogP contribution in [-0.2, 0) is 14.3 Å². The lowest BCUT2D eigenvalue weighted by Gasteiger charge is -2.34. The number of Topliss-reactive ketones (excluding diaryl/α,β-unsaturated/α-hetero) is 1. The molecule has 0 saturated carbocycles. The van der Waals surface area contributed by atoms with E-state index in [1.807, 2.05) is 6.92 Å². The van der Waals surface area contributed by atoms with Crippen LogP contribution in [0.25, 0.3) is 0 Å². The normalized spacial score (nSPS) is 23.4. The van der Waals surface area contributed by atoms with Crippen molar-refractivity contribution >= 4 is 17.5 Å². The van der Waals surface area contributed by atoms with Gasteiger partial charge in [0, 0.05) is 29.3 Å². The number of phenolic OH excluding ortho intramolecular Hbond substituents is 1. The number of hydrogen-bond acceptors (Lipinski definition) is 5. The maximum atomic E-state index is 12.8. The minimum absolute atomic E-state index is 0.0536. The number of ketones is 1. The van der Waals surface area contributed by atoms with Crippen LogP contribution in [0.5, 0.6) is 5.75 Å². The lowest BCUT2D eigenvalue weighted by atomic mass is 9.72. The summed E-state index contributed by atoms with van der Waals surface area (Å²) in [6.07, 6.45) is 1.78. The van der Waals surface area contributed by atoms with Gasteiger partial charge in [-0.25, -0.2) is 0 Å². The topological polar surface area (TPSA) is 76.0 Å². The molecule has 0 fully saturated rings. The van der Waals surface area contributed by atoms with Gasteiger partial charge >= 0.3 is 5.97 Å². The van der Waals surface area contributed by atoms with E-state index in [1.165, 1.54) is 0 Å². The number of allylic oxidation sites excluding steroid dienone is 2. The first-order chi connectivity index (χ1) is 11.9. The van der Waals surface area contributed by atoms with Gasteiger partial charge in [-0.1, -0.05) is 12.1 Å².